The number of nitro benzene ring substituents is 1. The van der Waals surface area contributed by atoms with Gasteiger partial charge in [0, 0.05) is 6.07 Å². The zero-order chi connectivity index (χ0) is 19.8. The highest BCUT2D eigenvalue weighted by Crippen LogP contribution is 2.23. The summed E-state index contributed by atoms with van der Waals surface area (Å²) in [5, 5.41) is 14.0. The van der Waals surface area contributed by atoms with Gasteiger partial charge in [0.15, 0.2) is 6.61 Å². The number of hydrogen-bond donors (Lipinski definition) is 1. The summed E-state index contributed by atoms with van der Waals surface area (Å²) in [6.45, 7) is 3.09. The van der Waals surface area contributed by atoms with E-state index in [9.17, 15) is 19.7 Å². The summed E-state index contributed by atoms with van der Waals surface area (Å²) in [6, 6.07) is 13.6. The predicted molar refractivity (Wildman–Crippen MR) is 100 cm³/mol. The lowest BCUT2D eigenvalue weighted by atomic mass is 10.0. The Labute approximate surface area is 157 Å². The monoisotopic (exact) mass is 370 g/mol. The number of esters is 1. The standard InChI is InChI=1S/C20H22N2O5/c1-3-8-16(15-10-5-4-6-11-15)21-18(23)13-27-20(24)19-14(2)9-7-12-17(19)22(25)26/h4-7,9-12,16H,3,8,13H2,1-2H3,(H,21,23). The van der Waals surface area contributed by atoms with E-state index in [1.54, 1.807) is 13.0 Å². The molecule has 0 aromatic heterocycles. The molecule has 0 spiro atoms. The molecule has 0 bridgehead atoms. The fraction of sp³-hybridized carbons (Fsp3) is 0.300. The smallest absolute Gasteiger partial charge is 0.345 e. The van der Waals surface area contributed by atoms with Crippen LogP contribution in [0.1, 0.15) is 47.3 Å². The summed E-state index contributed by atoms with van der Waals surface area (Å²) >= 11 is 0. The van der Waals surface area contributed by atoms with Gasteiger partial charge in [0.2, 0.25) is 0 Å². The number of nitro groups is 1. The Morgan fingerprint density at radius 3 is 2.48 bits per heavy atom. The molecule has 2 aromatic rings. The molecule has 1 atom stereocenters. The number of nitrogens with one attached hydrogen (secondary N) is 1. The molecular weight excluding hydrogens is 348 g/mol. The minimum atomic E-state index is -0.887. The van der Waals surface area contributed by atoms with Gasteiger partial charge in [-0.3, -0.25) is 14.9 Å². The van der Waals surface area contributed by atoms with E-state index in [0.29, 0.717) is 5.56 Å². The normalized spacial score (nSPS) is 11.5. The second-order valence-corrected chi connectivity index (χ2v) is 6.12. The van der Waals surface area contributed by atoms with Crippen LogP contribution >= 0.6 is 0 Å². The number of ether oxygens (including phenoxy) is 1. The van der Waals surface area contributed by atoms with Crippen LogP contribution in [-0.2, 0) is 9.53 Å². The average molecular weight is 370 g/mol. The first-order valence-electron chi connectivity index (χ1n) is 8.69. The summed E-state index contributed by atoms with van der Waals surface area (Å²) < 4.78 is 5.02. The highest BCUT2D eigenvalue weighted by Gasteiger charge is 2.24. The number of amides is 1. The Morgan fingerprint density at radius 2 is 1.85 bits per heavy atom. The van der Waals surface area contributed by atoms with E-state index in [0.717, 1.165) is 18.4 Å². The van der Waals surface area contributed by atoms with E-state index in [1.807, 2.05) is 37.3 Å². The van der Waals surface area contributed by atoms with Crippen LogP contribution in [0.2, 0.25) is 0 Å². The summed E-state index contributed by atoms with van der Waals surface area (Å²) in [5.74, 6) is -1.34. The second-order valence-electron chi connectivity index (χ2n) is 6.12. The molecular formula is C20H22N2O5. The topological polar surface area (TPSA) is 98.5 Å². The summed E-state index contributed by atoms with van der Waals surface area (Å²) in [5.41, 5.74) is 0.911. The average Bonchev–Trinajstić information content (AvgIpc) is 2.66. The van der Waals surface area contributed by atoms with Gasteiger partial charge >= 0.3 is 5.97 Å². The number of carbonyl (C=O) groups is 2. The molecule has 0 aliphatic heterocycles. The van der Waals surface area contributed by atoms with Crippen molar-refractivity contribution in [3.63, 3.8) is 0 Å². The lowest BCUT2D eigenvalue weighted by Gasteiger charge is -2.18. The minimum Gasteiger partial charge on any atom is -0.452 e. The molecule has 0 aliphatic rings. The molecule has 0 radical (unpaired) electrons. The molecule has 7 heteroatoms. The third kappa shape index (κ3) is 5.37. The van der Waals surface area contributed by atoms with Gasteiger partial charge in [0.1, 0.15) is 5.56 Å². The van der Waals surface area contributed by atoms with Crippen molar-refractivity contribution in [1.82, 2.24) is 5.32 Å². The Balaban J connectivity index is 2.03. The molecule has 0 fully saturated rings. The lowest BCUT2D eigenvalue weighted by Crippen LogP contribution is -2.32. The zero-order valence-corrected chi connectivity index (χ0v) is 15.3. The van der Waals surface area contributed by atoms with E-state index in [4.69, 9.17) is 4.74 Å². The van der Waals surface area contributed by atoms with Gasteiger partial charge in [-0.2, -0.15) is 0 Å². The fourth-order valence-corrected chi connectivity index (χ4v) is 2.81. The lowest BCUT2D eigenvalue weighted by molar-refractivity contribution is -0.385. The van der Waals surface area contributed by atoms with Crippen LogP contribution in [0, 0.1) is 17.0 Å². The Kier molecular flexibility index (Phi) is 7.05. The van der Waals surface area contributed by atoms with Crippen LogP contribution in [0.5, 0.6) is 0 Å². The second kappa shape index (κ2) is 9.47. The predicted octanol–water partition coefficient (Wildman–Crippen LogP) is 3.72. The largest absolute Gasteiger partial charge is 0.452 e. The number of benzene rings is 2. The molecule has 0 heterocycles. The molecule has 142 valence electrons. The molecule has 7 nitrogen and oxygen atoms in total. The number of aryl methyl sites for hydroxylation is 1. The van der Waals surface area contributed by atoms with Gasteiger partial charge < -0.3 is 10.1 Å². The third-order valence-electron chi connectivity index (χ3n) is 4.10. The highest BCUT2D eigenvalue weighted by atomic mass is 16.6. The van der Waals surface area contributed by atoms with Gasteiger partial charge in [-0.1, -0.05) is 55.8 Å². The molecule has 0 aliphatic carbocycles. The van der Waals surface area contributed by atoms with E-state index in [-0.39, 0.29) is 17.3 Å². The van der Waals surface area contributed by atoms with Crippen LogP contribution in [0.4, 0.5) is 5.69 Å². The Bertz CT molecular complexity index is 820. The van der Waals surface area contributed by atoms with Gasteiger partial charge in [-0.15, -0.1) is 0 Å². The molecule has 0 saturated carbocycles. The van der Waals surface area contributed by atoms with Crippen LogP contribution in [0.3, 0.4) is 0 Å². The third-order valence-corrected chi connectivity index (χ3v) is 4.10. The van der Waals surface area contributed by atoms with E-state index >= 15 is 0 Å². The number of nitrogens with zero attached hydrogens (tertiary/aromatic N) is 1. The first kappa shape index (κ1) is 20.1. The Hall–Kier alpha value is -3.22. The highest BCUT2D eigenvalue weighted by molar-refractivity contribution is 5.96. The SMILES string of the molecule is CCCC(NC(=O)COC(=O)c1c(C)cccc1[N+](=O)[O-])c1ccccc1. The van der Waals surface area contributed by atoms with Crippen molar-refractivity contribution >= 4 is 17.6 Å². The van der Waals surface area contributed by atoms with Gasteiger partial charge in [0.25, 0.3) is 11.6 Å². The molecule has 27 heavy (non-hydrogen) atoms. The van der Waals surface area contributed by atoms with Crippen molar-refractivity contribution in [1.29, 1.82) is 0 Å². The zero-order valence-electron chi connectivity index (χ0n) is 15.3. The molecule has 1 unspecified atom stereocenters. The van der Waals surface area contributed by atoms with Crippen LogP contribution in [-0.4, -0.2) is 23.4 Å². The number of carbonyl (C=O) groups excluding carboxylic acids is 2. The van der Waals surface area contributed by atoms with Crippen molar-refractivity contribution in [2.45, 2.75) is 32.7 Å². The summed E-state index contributed by atoms with van der Waals surface area (Å²) in [6.07, 6.45) is 1.61. The van der Waals surface area contributed by atoms with Crippen molar-refractivity contribution in [2.24, 2.45) is 0 Å². The first-order chi connectivity index (χ1) is 12.9. The van der Waals surface area contributed by atoms with Gasteiger partial charge in [0.05, 0.1) is 11.0 Å². The maximum absolute atomic E-state index is 12.3. The molecule has 0 saturated heterocycles. The molecule has 2 rings (SSSR count). The van der Waals surface area contributed by atoms with Gasteiger partial charge in [-0.05, 0) is 24.5 Å². The van der Waals surface area contributed by atoms with Crippen molar-refractivity contribution in [3.8, 4) is 0 Å². The van der Waals surface area contributed by atoms with Crippen molar-refractivity contribution in [3.05, 3.63) is 75.3 Å². The number of hydrogen-bond acceptors (Lipinski definition) is 5. The van der Waals surface area contributed by atoms with Crippen LogP contribution in [0.15, 0.2) is 48.5 Å². The molecule has 2 aromatic carbocycles. The van der Waals surface area contributed by atoms with Crippen LogP contribution < -0.4 is 5.32 Å². The fourth-order valence-electron chi connectivity index (χ4n) is 2.81. The summed E-state index contributed by atoms with van der Waals surface area (Å²) in [4.78, 5) is 35.0. The Morgan fingerprint density at radius 1 is 1.15 bits per heavy atom. The minimum absolute atomic E-state index is 0.136. The van der Waals surface area contributed by atoms with Crippen molar-refractivity contribution in [2.75, 3.05) is 6.61 Å². The first-order valence-corrected chi connectivity index (χ1v) is 8.69. The van der Waals surface area contributed by atoms with E-state index in [1.165, 1.54) is 12.1 Å². The quantitative estimate of drug-likeness (QED) is 0.434. The maximum Gasteiger partial charge on any atom is 0.345 e. The van der Waals surface area contributed by atoms with Gasteiger partial charge in [-0.25, -0.2) is 4.79 Å². The van der Waals surface area contributed by atoms with E-state index < -0.39 is 23.4 Å². The van der Waals surface area contributed by atoms with Crippen LogP contribution in [0.25, 0.3) is 0 Å². The summed E-state index contributed by atoms with van der Waals surface area (Å²) in [7, 11) is 0. The molecule has 1 amide bonds. The number of rotatable bonds is 8. The maximum atomic E-state index is 12.3. The van der Waals surface area contributed by atoms with Crippen molar-refractivity contribution < 1.29 is 19.2 Å². The van der Waals surface area contributed by atoms with E-state index in [2.05, 4.69) is 5.32 Å². The molecule has 1 N–H and O–H groups in total.